The zero-order chi connectivity index (χ0) is 17.9. The Kier molecular flexibility index (Phi) is 6.38. The molecule has 0 spiro atoms. The standard InChI is InChI=1S/C13H18Cl2N4O3SSi/c1-24(2,3)5-4-22-8-18-7-16-12(17-18)10-6-9(11(14)15)13(23-10)19(20)21/h6-7,11H,4-5,8H2,1-3H3. The van der Waals surface area contributed by atoms with E-state index >= 15 is 0 Å². The minimum absolute atomic E-state index is 0.0947. The Morgan fingerprint density at radius 1 is 1.46 bits per heavy atom. The molecule has 0 aliphatic rings. The van der Waals surface area contributed by atoms with E-state index in [4.69, 9.17) is 27.9 Å². The van der Waals surface area contributed by atoms with Crippen molar-refractivity contribution in [1.82, 2.24) is 14.8 Å². The van der Waals surface area contributed by atoms with E-state index in [1.54, 1.807) is 10.7 Å². The lowest BCUT2D eigenvalue weighted by Crippen LogP contribution is -2.22. The Morgan fingerprint density at radius 2 is 2.17 bits per heavy atom. The second-order valence-electron chi connectivity index (χ2n) is 6.38. The minimum atomic E-state index is -1.13. The van der Waals surface area contributed by atoms with Gasteiger partial charge in [0, 0.05) is 14.7 Å². The third-order valence-electron chi connectivity index (χ3n) is 3.12. The van der Waals surface area contributed by atoms with E-state index in [0.29, 0.717) is 24.0 Å². The van der Waals surface area contributed by atoms with Crippen LogP contribution in [0, 0.1) is 10.1 Å². The first-order valence-electron chi connectivity index (χ1n) is 7.21. The fourth-order valence-corrected chi connectivity index (χ4v) is 3.98. The largest absolute Gasteiger partial charge is 0.359 e. The molecular formula is C13H18Cl2N4O3SSi. The third-order valence-corrected chi connectivity index (χ3v) is 6.39. The maximum absolute atomic E-state index is 11.1. The van der Waals surface area contributed by atoms with Gasteiger partial charge in [-0.2, -0.15) is 0 Å². The molecule has 0 bridgehead atoms. The molecule has 2 aromatic rings. The van der Waals surface area contributed by atoms with E-state index in [-0.39, 0.29) is 10.6 Å². The molecule has 0 amide bonds. The van der Waals surface area contributed by atoms with Gasteiger partial charge in [-0.25, -0.2) is 9.67 Å². The molecule has 0 aromatic carbocycles. The highest BCUT2D eigenvalue weighted by atomic mass is 35.5. The molecule has 0 saturated heterocycles. The van der Waals surface area contributed by atoms with Crippen molar-refractivity contribution in [2.75, 3.05) is 6.61 Å². The van der Waals surface area contributed by atoms with Gasteiger partial charge in [-0.3, -0.25) is 10.1 Å². The van der Waals surface area contributed by atoms with Crippen molar-refractivity contribution in [1.29, 1.82) is 0 Å². The predicted molar refractivity (Wildman–Crippen MR) is 98.5 cm³/mol. The lowest BCUT2D eigenvalue weighted by molar-refractivity contribution is -0.380. The maximum Gasteiger partial charge on any atom is 0.330 e. The molecule has 0 saturated carbocycles. The maximum atomic E-state index is 11.1. The van der Waals surface area contributed by atoms with Gasteiger partial charge in [0.05, 0.1) is 15.4 Å². The smallest absolute Gasteiger partial charge is 0.330 e. The van der Waals surface area contributed by atoms with E-state index < -0.39 is 17.8 Å². The Morgan fingerprint density at radius 3 is 2.71 bits per heavy atom. The van der Waals surface area contributed by atoms with E-state index in [2.05, 4.69) is 29.7 Å². The molecule has 24 heavy (non-hydrogen) atoms. The molecule has 0 atom stereocenters. The summed E-state index contributed by atoms with van der Waals surface area (Å²) in [4.78, 5) is 14.3. The van der Waals surface area contributed by atoms with Gasteiger partial charge < -0.3 is 4.74 Å². The van der Waals surface area contributed by atoms with Crippen LogP contribution in [0.25, 0.3) is 10.7 Å². The van der Waals surface area contributed by atoms with Crippen LogP contribution < -0.4 is 0 Å². The molecule has 0 fully saturated rings. The predicted octanol–water partition coefficient (Wildman–Crippen LogP) is 4.70. The summed E-state index contributed by atoms with van der Waals surface area (Å²) >= 11 is 12.5. The zero-order valence-corrected chi connectivity index (χ0v) is 16.9. The molecule has 0 radical (unpaired) electrons. The number of hydrogen-bond acceptors (Lipinski definition) is 6. The van der Waals surface area contributed by atoms with Crippen LogP contribution in [0.4, 0.5) is 5.00 Å². The fraction of sp³-hybridized carbons (Fsp3) is 0.538. The highest BCUT2D eigenvalue weighted by Gasteiger charge is 2.25. The van der Waals surface area contributed by atoms with Gasteiger partial charge in [-0.15, -0.1) is 5.10 Å². The number of aromatic nitrogens is 3. The van der Waals surface area contributed by atoms with E-state index in [1.807, 2.05) is 0 Å². The summed E-state index contributed by atoms with van der Waals surface area (Å²) in [6.07, 6.45) is 1.54. The lowest BCUT2D eigenvalue weighted by atomic mass is 10.3. The minimum Gasteiger partial charge on any atom is -0.359 e. The molecule has 11 heteroatoms. The first-order chi connectivity index (χ1) is 11.2. The number of alkyl halides is 2. The summed E-state index contributed by atoms with van der Waals surface area (Å²) in [6.45, 7) is 7.83. The van der Waals surface area contributed by atoms with Crippen LogP contribution >= 0.6 is 34.5 Å². The van der Waals surface area contributed by atoms with Crippen molar-refractivity contribution in [2.24, 2.45) is 0 Å². The molecule has 2 aromatic heterocycles. The number of nitro groups is 1. The lowest BCUT2D eigenvalue weighted by Gasteiger charge is -2.15. The van der Waals surface area contributed by atoms with Crippen LogP contribution in [0.1, 0.15) is 10.4 Å². The normalized spacial score (nSPS) is 12.1. The summed E-state index contributed by atoms with van der Waals surface area (Å²) in [6, 6.07) is 2.63. The number of rotatable bonds is 8. The van der Waals surface area contributed by atoms with Gasteiger partial charge >= 0.3 is 5.00 Å². The number of halogens is 2. The number of thiophene rings is 1. The van der Waals surface area contributed by atoms with Crippen molar-refractivity contribution in [3.05, 3.63) is 28.1 Å². The van der Waals surface area contributed by atoms with Crippen molar-refractivity contribution in [3.8, 4) is 10.7 Å². The van der Waals surface area contributed by atoms with Crippen LogP contribution in [0.3, 0.4) is 0 Å². The molecule has 2 rings (SSSR count). The van der Waals surface area contributed by atoms with E-state index in [1.165, 1.54) is 6.33 Å². The third kappa shape index (κ3) is 5.25. The van der Waals surface area contributed by atoms with Crippen molar-refractivity contribution >= 4 is 47.6 Å². The van der Waals surface area contributed by atoms with Gasteiger partial charge in [-0.1, -0.05) is 54.2 Å². The van der Waals surface area contributed by atoms with Crippen LogP contribution in [-0.4, -0.2) is 34.4 Å². The molecular weight excluding hydrogens is 391 g/mol. The molecule has 0 aliphatic carbocycles. The Balaban J connectivity index is 2.05. The summed E-state index contributed by atoms with van der Waals surface area (Å²) in [5.74, 6) is 0.386. The van der Waals surface area contributed by atoms with Gasteiger partial charge in [-0.05, 0) is 12.1 Å². The van der Waals surface area contributed by atoms with Crippen LogP contribution in [0.5, 0.6) is 0 Å². The average molecular weight is 409 g/mol. The van der Waals surface area contributed by atoms with Crippen LogP contribution in [0.15, 0.2) is 12.4 Å². The van der Waals surface area contributed by atoms with Crippen LogP contribution in [0.2, 0.25) is 25.7 Å². The van der Waals surface area contributed by atoms with Gasteiger partial charge in [0.25, 0.3) is 0 Å². The number of hydrogen-bond donors (Lipinski definition) is 0. The number of ether oxygens (including phenoxy) is 1. The van der Waals surface area contributed by atoms with Gasteiger partial charge in [0.1, 0.15) is 17.9 Å². The summed E-state index contributed by atoms with van der Waals surface area (Å²) < 4.78 is 7.16. The molecule has 0 unspecified atom stereocenters. The van der Waals surface area contributed by atoms with Gasteiger partial charge in [0.2, 0.25) is 0 Å². The summed E-state index contributed by atoms with van der Waals surface area (Å²) in [7, 11) is -1.13. The Hall–Kier alpha value is -1.00. The van der Waals surface area contributed by atoms with Crippen molar-refractivity contribution in [2.45, 2.75) is 37.3 Å². The highest BCUT2D eigenvalue weighted by Crippen LogP contribution is 2.42. The Bertz CT molecular complexity index is 714. The zero-order valence-electron chi connectivity index (χ0n) is 13.5. The molecule has 132 valence electrons. The second kappa shape index (κ2) is 7.92. The Labute approximate surface area is 154 Å². The van der Waals surface area contributed by atoms with E-state index in [9.17, 15) is 10.1 Å². The monoisotopic (exact) mass is 408 g/mol. The van der Waals surface area contributed by atoms with Crippen molar-refractivity contribution in [3.63, 3.8) is 0 Å². The first kappa shape index (κ1) is 19.3. The molecule has 2 heterocycles. The SMILES string of the molecule is C[Si](C)(C)CCOCn1cnc(-c2cc(C(Cl)Cl)c([N+](=O)[O-])s2)n1. The number of nitrogens with zero attached hydrogens (tertiary/aromatic N) is 4. The highest BCUT2D eigenvalue weighted by molar-refractivity contribution is 7.18. The molecule has 0 aliphatic heterocycles. The average Bonchev–Trinajstić information content (AvgIpc) is 3.09. The quantitative estimate of drug-likeness (QED) is 0.207. The summed E-state index contributed by atoms with van der Waals surface area (Å²) in [5, 5.41) is 15.3. The van der Waals surface area contributed by atoms with Crippen LogP contribution in [-0.2, 0) is 11.5 Å². The van der Waals surface area contributed by atoms with Gasteiger partial charge in [0.15, 0.2) is 5.82 Å². The molecule has 0 N–H and O–H groups in total. The molecule has 7 nitrogen and oxygen atoms in total. The summed E-state index contributed by atoms with van der Waals surface area (Å²) in [5.41, 5.74) is 0.256. The first-order valence-corrected chi connectivity index (χ1v) is 12.6. The van der Waals surface area contributed by atoms with E-state index in [0.717, 1.165) is 17.4 Å². The van der Waals surface area contributed by atoms with Crippen molar-refractivity contribution < 1.29 is 9.66 Å². The topological polar surface area (TPSA) is 83.1 Å². The fourth-order valence-electron chi connectivity index (χ4n) is 1.81. The second-order valence-corrected chi connectivity index (χ2v) is 14.1.